The second-order valence-corrected chi connectivity index (χ2v) is 8.30. The monoisotopic (exact) mass is 435 g/mol. The van der Waals surface area contributed by atoms with Gasteiger partial charge in [-0.3, -0.25) is 10.0 Å². The maximum Gasteiger partial charge on any atom is 0.415 e. The number of piperazine rings is 1. The summed E-state index contributed by atoms with van der Waals surface area (Å²) < 4.78 is 37.4. The molecule has 0 spiro atoms. The van der Waals surface area contributed by atoms with E-state index in [0.29, 0.717) is 11.5 Å². The zero-order chi connectivity index (χ0) is 21.7. The third-order valence-corrected chi connectivity index (χ3v) is 6.54. The van der Waals surface area contributed by atoms with Crippen molar-refractivity contribution in [2.24, 2.45) is 0 Å². The van der Waals surface area contributed by atoms with Crippen molar-refractivity contribution in [3.63, 3.8) is 0 Å². The number of methoxy groups -OCH3 is 1. The smallest absolute Gasteiger partial charge is 0.415 e. The first-order chi connectivity index (χ1) is 14.4. The molecule has 1 heterocycles. The van der Waals surface area contributed by atoms with Gasteiger partial charge >= 0.3 is 6.09 Å². The van der Waals surface area contributed by atoms with Gasteiger partial charge in [-0.2, -0.15) is 4.31 Å². The van der Waals surface area contributed by atoms with E-state index >= 15 is 0 Å². The largest absolute Gasteiger partial charge is 0.497 e. The molecule has 30 heavy (non-hydrogen) atoms. The van der Waals surface area contributed by atoms with Gasteiger partial charge < -0.3 is 14.4 Å². The van der Waals surface area contributed by atoms with Gasteiger partial charge in [0.15, 0.2) is 0 Å². The number of benzene rings is 2. The maximum atomic E-state index is 13.1. The van der Waals surface area contributed by atoms with Crippen LogP contribution >= 0.6 is 0 Å². The van der Waals surface area contributed by atoms with Crippen molar-refractivity contribution in [2.75, 3.05) is 26.7 Å². The molecule has 0 aliphatic carbocycles. The molecule has 2 amide bonds. The van der Waals surface area contributed by atoms with Crippen LogP contribution in [-0.4, -0.2) is 67.6 Å². The predicted molar refractivity (Wildman–Crippen MR) is 105 cm³/mol. The van der Waals surface area contributed by atoms with Gasteiger partial charge in [-0.05, 0) is 36.4 Å². The third kappa shape index (κ3) is 4.53. The number of hydrogen-bond acceptors (Lipinski definition) is 7. The normalized spacial score (nSPS) is 17.3. The average Bonchev–Trinajstić information content (AvgIpc) is 2.78. The van der Waals surface area contributed by atoms with E-state index in [4.69, 9.17) is 14.7 Å². The predicted octanol–water partition coefficient (Wildman–Crippen LogP) is 1.07. The molecule has 0 radical (unpaired) electrons. The fourth-order valence-corrected chi connectivity index (χ4v) is 4.62. The van der Waals surface area contributed by atoms with Crippen molar-refractivity contribution in [3.05, 3.63) is 54.6 Å². The molecule has 1 atom stereocenters. The van der Waals surface area contributed by atoms with Crippen LogP contribution < -0.4 is 15.0 Å². The number of sulfonamides is 1. The molecule has 0 saturated carbocycles. The molecule has 1 aliphatic rings. The van der Waals surface area contributed by atoms with Crippen LogP contribution in [0.1, 0.15) is 0 Å². The summed E-state index contributed by atoms with van der Waals surface area (Å²) in [6, 6.07) is 12.7. The lowest BCUT2D eigenvalue weighted by molar-refractivity contribution is -0.134. The van der Waals surface area contributed by atoms with Gasteiger partial charge in [0.05, 0.1) is 12.0 Å². The fourth-order valence-electron chi connectivity index (χ4n) is 3.04. The summed E-state index contributed by atoms with van der Waals surface area (Å²) in [6.45, 7) is -0.431. The number of carbonyl (C=O) groups excluding carboxylic acids is 2. The van der Waals surface area contributed by atoms with E-state index in [1.165, 1.54) is 41.8 Å². The summed E-state index contributed by atoms with van der Waals surface area (Å²) in [7, 11) is -2.62. The zero-order valence-electron chi connectivity index (χ0n) is 16.1. The number of rotatable bonds is 5. The summed E-state index contributed by atoms with van der Waals surface area (Å²) >= 11 is 0. The van der Waals surface area contributed by atoms with Crippen molar-refractivity contribution in [3.8, 4) is 11.5 Å². The molecular weight excluding hydrogens is 414 g/mol. The van der Waals surface area contributed by atoms with Crippen LogP contribution in [0.15, 0.2) is 59.5 Å². The molecule has 160 valence electrons. The van der Waals surface area contributed by atoms with E-state index in [2.05, 4.69) is 0 Å². The van der Waals surface area contributed by atoms with Crippen LogP contribution in [0.25, 0.3) is 0 Å². The molecule has 2 aromatic rings. The van der Waals surface area contributed by atoms with E-state index in [9.17, 15) is 18.0 Å². The molecule has 0 bridgehead atoms. The number of hydrogen-bond donors (Lipinski definition) is 2. The third-order valence-electron chi connectivity index (χ3n) is 4.62. The van der Waals surface area contributed by atoms with Crippen LogP contribution in [0, 0.1) is 0 Å². The lowest BCUT2D eigenvalue weighted by Gasteiger charge is -2.38. The van der Waals surface area contributed by atoms with E-state index < -0.39 is 28.1 Å². The molecule has 2 aromatic carbocycles. The van der Waals surface area contributed by atoms with E-state index in [0.717, 1.165) is 4.31 Å². The number of nitrogens with zero attached hydrogens (tertiary/aromatic N) is 2. The molecule has 0 unspecified atom stereocenters. The minimum atomic E-state index is -4.07. The maximum absolute atomic E-state index is 13.1. The van der Waals surface area contributed by atoms with E-state index in [-0.39, 0.29) is 24.5 Å². The van der Waals surface area contributed by atoms with Gasteiger partial charge in [-0.1, -0.05) is 18.2 Å². The Morgan fingerprint density at radius 1 is 1.03 bits per heavy atom. The molecule has 1 aliphatic heterocycles. The highest BCUT2D eigenvalue weighted by molar-refractivity contribution is 7.89. The Bertz CT molecular complexity index is 997. The first-order valence-electron chi connectivity index (χ1n) is 8.98. The van der Waals surface area contributed by atoms with Crippen LogP contribution in [0.2, 0.25) is 0 Å². The second kappa shape index (κ2) is 9.11. The molecule has 3 rings (SSSR count). The first-order valence-corrected chi connectivity index (χ1v) is 10.4. The number of amides is 2. The molecule has 11 heteroatoms. The minimum absolute atomic E-state index is 0.0102. The van der Waals surface area contributed by atoms with Gasteiger partial charge in [0.25, 0.3) is 5.91 Å². The molecule has 10 nitrogen and oxygen atoms in total. The van der Waals surface area contributed by atoms with Crippen molar-refractivity contribution in [1.29, 1.82) is 0 Å². The Morgan fingerprint density at radius 2 is 1.70 bits per heavy atom. The molecule has 0 aromatic heterocycles. The van der Waals surface area contributed by atoms with Crippen LogP contribution in [0.4, 0.5) is 4.79 Å². The minimum Gasteiger partial charge on any atom is -0.497 e. The van der Waals surface area contributed by atoms with Crippen molar-refractivity contribution in [1.82, 2.24) is 14.7 Å². The summed E-state index contributed by atoms with van der Waals surface area (Å²) in [5, 5.41) is 9.10. The van der Waals surface area contributed by atoms with Crippen LogP contribution in [-0.2, 0) is 14.8 Å². The lowest BCUT2D eigenvalue weighted by atomic mass is 10.2. The SMILES string of the molecule is COc1ccc(S(=O)(=O)N2CCN(C(=O)Oc3ccccc3)C[C@@H]2C(=O)NO)cc1. The summed E-state index contributed by atoms with van der Waals surface area (Å²) in [5.41, 5.74) is 1.47. The van der Waals surface area contributed by atoms with Crippen molar-refractivity contribution >= 4 is 22.0 Å². The Morgan fingerprint density at radius 3 is 2.30 bits per heavy atom. The number of ether oxygens (including phenoxy) is 2. The van der Waals surface area contributed by atoms with E-state index in [1.54, 1.807) is 30.3 Å². The average molecular weight is 435 g/mol. The molecular formula is C19H21N3O7S. The molecule has 2 N–H and O–H groups in total. The first kappa shape index (κ1) is 21.6. The van der Waals surface area contributed by atoms with E-state index in [1.807, 2.05) is 0 Å². The van der Waals surface area contributed by atoms with Gasteiger partial charge in [0.2, 0.25) is 10.0 Å². The highest BCUT2D eigenvalue weighted by Gasteiger charge is 2.41. The van der Waals surface area contributed by atoms with Gasteiger partial charge in [-0.15, -0.1) is 0 Å². The molecule has 1 fully saturated rings. The molecule has 1 saturated heterocycles. The van der Waals surface area contributed by atoms with Crippen LogP contribution in [0.3, 0.4) is 0 Å². The van der Waals surface area contributed by atoms with Crippen molar-refractivity contribution < 1.29 is 32.7 Å². The summed E-state index contributed by atoms with van der Waals surface area (Å²) in [4.78, 5) is 25.8. The number of para-hydroxylation sites is 1. The Labute approximate surface area is 173 Å². The van der Waals surface area contributed by atoms with Gasteiger partial charge in [0.1, 0.15) is 17.5 Å². The van der Waals surface area contributed by atoms with Gasteiger partial charge in [0, 0.05) is 19.6 Å². The summed E-state index contributed by atoms with van der Waals surface area (Å²) in [6.07, 6.45) is -0.724. The Kier molecular flexibility index (Phi) is 6.55. The zero-order valence-corrected chi connectivity index (χ0v) is 16.9. The Hall–Kier alpha value is -3.15. The second-order valence-electron chi connectivity index (χ2n) is 6.41. The topological polar surface area (TPSA) is 125 Å². The number of hydroxylamine groups is 1. The van der Waals surface area contributed by atoms with Gasteiger partial charge in [-0.25, -0.2) is 18.7 Å². The lowest BCUT2D eigenvalue weighted by Crippen LogP contribution is -2.61. The number of carbonyl (C=O) groups is 2. The van der Waals surface area contributed by atoms with Crippen molar-refractivity contribution in [2.45, 2.75) is 10.9 Å². The highest BCUT2D eigenvalue weighted by Crippen LogP contribution is 2.24. The van der Waals surface area contributed by atoms with Crippen LogP contribution in [0.5, 0.6) is 11.5 Å². The number of nitrogens with one attached hydrogen (secondary N) is 1. The quantitative estimate of drug-likeness (QED) is 0.532. The fraction of sp³-hybridized carbons (Fsp3) is 0.263. The Balaban J connectivity index is 1.81. The highest BCUT2D eigenvalue weighted by atomic mass is 32.2. The summed E-state index contributed by atoms with van der Waals surface area (Å²) in [5.74, 6) is -0.157. The standard InChI is InChI=1S/C19H21N3O7S/c1-28-14-7-9-16(10-8-14)30(26,27)22-12-11-21(13-17(22)18(23)20-25)19(24)29-15-5-3-2-4-6-15/h2-10,17,25H,11-13H2,1H3,(H,20,23)/t17-/m1/s1.